The van der Waals surface area contributed by atoms with Crippen LogP contribution >= 0.6 is 11.6 Å². The third kappa shape index (κ3) is 6.88. The van der Waals surface area contributed by atoms with E-state index in [1.54, 1.807) is 0 Å². The average molecular weight is 434 g/mol. The highest BCUT2D eigenvalue weighted by molar-refractivity contribution is 6.30. The van der Waals surface area contributed by atoms with Gasteiger partial charge in [-0.25, -0.2) is 0 Å². The fourth-order valence-corrected chi connectivity index (χ4v) is 4.01. The van der Waals surface area contributed by atoms with E-state index >= 15 is 0 Å². The van der Waals surface area contributed by atoms with E-state index < -0.39 is 6.10 Å². The van der Waals surface area contributed by atoms with Crippen LogP contribution in [-0.4, -0.2) is 63.8 Å². The molecule has 0 aromatic heterocycles. The molecule has 2 aromatic carbocycles. The number of aliphatic hydroxyl groups is 1. The lowest BCUT2D eigenvalue weighted by Crippen LogP contribution is -3.16. The molecule has 1 aliphatic rings. The van der Waals surface area contributed by atoms with Crippen LogP contribution in [0.1, 0.15) is 18.1 Å². The van der Waals surface area contributed by atoms with Crippen LogP contribution in [0.4, 0.5) is 5.69 Å². The summed E-state index contributed by atoms with van der Waals surface area (Å²) < 4.78 is 11.3. The molecule has 0 saturated carbocycles. The molecular weight excluding hydrogens is 400 g/mol. The minimum absolute atomic E-state index is 0.346. The van der Waals surface area contributed by atoms with Crippen LogP contribution in [0.2, 0.25) is 5.02 Å². The van der Waals surface area contributed by atoms with Gasteiger partial charge >= 0.3 is 0 Å². The Morgan fingerprint density at radius 1 is 1.10 bits per heavy atom. The summed E-state index contributed by atoms with van der Waals surface area (Å²) in [6, 6.07) is 14.2. The monoisotopic (exact) mass is 433 g/mol. The average Bonchev–Trinajstić information content (AvgIpc) is 2.76. The summed E-state index contributed by atoms with van der Waals surface area (Å²) in [6.45, 7) is 10.2. The summed E-state index contributed by atoms with van der Waals surface area (Å²) in [6.07, 6.45) is 0.571. The largest absolute Gasteiger partial charge is 0.491 e. The smallest absolute Gasteiger partial charge is 0.126 e. The minimum Gasteiger partial charge on any atom is -0.491 e. The molecule has 0 aliphatic carbocycles. The van der Waals surface area contributed by atoms with Crippen molar-refractivity contribution in [1.29, 1.82) is 0 Å². The Kier molecular flexibility index (Phi) is 8.82. The van der Waals surface area contributed by atoms with Crippen molar-refractivity contribution >= 4 is 17.3 Å². The van der Waals surface area contributed by atoms with Crippen molar-refractivity contribution in [1.82, 2.24) is 0 Å². The molecule has 0 unspecified atom stereocenters. The molecule has 0 radical (unpaired) electrons. The molecule has 1 atom stereocenters. The maximum atomic E-state index is 10.3. The molecule has 6 heteroatoms. The molecule has 1 fully saturated rings. The number of halogens is 1. The minimum atomic E-state index is -0.455. The molecular formula is C24H34ClN2O3+. The van der Waals surface area contributed by atoms with E-state index in [4.69, 9.17) is 21.1 Å². The summed E-state index contributed by atoms with van der Waals surface area (Å²) in [7, 11) is 0. The molecule has 1 saturated heterocycles. The van der Waals surface area contributed by atoms with Gasteiger partial charge in [0.15, 0.2) is 0 Å². The number of quaternary nitrogens is 1. The molecule has 0 bridgehead atoms. The zero-order valence-electron chi connectivity index (χ0n) is 18.1. The van der Waals surface area contributed by atoms with Crippen LogP contribution in [-0.2, 0) is 11.2 Å². The molecule has 3 rings (SSSR count). The first-order valence-corrected chi connectivity index (χ1v) is 11.2. The van der Waals surface area contributed by atoms with E-state index in [0.29, 0.717) is 26.4 Å². The maximum Gasteiger partial charge on any atom is 0.126 e. The second-order valence-electron chi connectivity index (χ2n) is 7.95. The molecule has 0 amide bonds. The van der Waals surface area contributed by atoms with Gasteiger partial charge in [-0.3, -0.25) is 0 Å². The number of aryl methyl sites for hydroxylation is 2. The predicted octanol–water partition coefficient (Wildman–Crippen LogP) is 2.37. The lowest BCUT2D eigenvalue weighted by atomic mass is 10.1. The van der Waals surface area contributed by atoms with E-state index in [9.17, 15) is 5.11 Å². The molecule has 2 aromatic rings. The van der Waals surface area contributed by atoms with Gasteiger partial charge in [0.1, 0.15) is 25.0 Å². The summed E-state index contributed by atoms with van der Waals surface area (Å²) >= 11 is 6.16. The third-order valence-electron chi connectivity index (χ3n) is 5.64. The lowest BCUT2D eigenvalue weighted by Gasteiger charge is -2.35. The lowest BCUT2D eigenvalue weighted by molar-refractivity contribution is -0.903. The first-order valence-electron chi connectivity index (χ1n) is 10.9. The second-order valence-corrected chi connectivity index (χ2v) is 8.38. The molecule has 5 nitrogen and oxygen atoms in total. The van der Waals surface area contributed by atoms with Crippen molar-refractivity contribution in [3.05, 3.63) is 58.6 Å². The molecule has 0 spiro atoms. The highest BCUT2D eigenvalue weighted by Crippen LogP contribution is 2.24. The first-order chi connectivity index (χ1) is 14.5. The number of piperazine rings is 1. The zero-order chi connectivity index (χ0) is 21.3. The third-order valence-corrected chi connectivity index (χ3v) is 5.88. The topological polar surface area (TPSA) is 46.4 Å². The van der Waals surface area contributed by atoms with E-state index in [1.807, 2.05) is 24.3 Å². The Labute approximate surface area is 185 Å². The normalized spacial score (nSPS) is 15.9. The predicted molar refractivity (Wildman–Crippen MR) is 122 cm³/mol. The Balaban J connectivity index is 1.30. The molecule has 164 valence electrons. The number of rotatable bonds is 10. The van der Waals surface area contributed by atoms with Crippen LogP contribution in [0.25, 0.3) is 0 Å². The molecule has 2 N–H and O–H groups in total. The quantitative estimate of drug-likeness (QED) is 0.565. The van der Waals surface area contributed by atoms with E-state index in [-0.39, 0.29) is 0 Å². The number of aliphatic hydroxyl groups excluding tert-OH is 1. The van der Waals surface area contributed by atoms with Gasteiger partial charge in [-0.1, -0.05) is 36.7 Å². The van der Waals surface area contributed by atoms with Gasteiger partial charge in [-0.05, 0) is 48.7 Å². The van der Waals surface area contributed by atoms with Gasteiger partial charge in [0, 0.05) is 10.7 Å². The number of benzene rings is 2. The number of ether oxygens (including phenoxy) is 2. The number of hydrogen-bond donors (Lipinski definition) is 2. The van der Waals surface area contributed by atoms with Crippen molar-refractivity contribution in [2.75, 3.05) is 57.4 Å². The fourth-order valence-electron chi connectivity index (χ4n) is 3.84. The summed E-state index contributed by atoms with van der Waals surface area (Å²) in [4.78, 5) is 3.80. The Bertz CT molecular complexity index is 777. The molecule has 1 aliphatic heterocycles. The van der Waals surface area contributed by atoms with E-state index in [1.165, 1.54) is 21.7 Å². The number of anilines is 1. The van der Waals surface area contributed by atoms with Crippen LogP contribution in [0, 0.1) is 6.92 Å². The number of nitrogens with zero attached hydrogens (tertiary/aromatic N) is 1. The zero-order valence-corrected chi connectivity index (χ0v) is 18.8. The fraction of sp³-hybridized carbons (Fsp3) is 0.500. The Hall–Kier alpha value is -1.79. The molecule has 30 heavy (non-hydrogen) atoms. The van der Waals surface area contributed by atoms with Crippen molar-refractivity contribution in [3.8, 4) is 5.75 Å². The Morgan fingerprint density at radius 3 is 2.53 bits per heavy atom. The number of nitrogens with one attached hydrogen (secondary N) is 1. The SMILES string of the molecule is CCc1ccc(OCCOC[C@H](O)C[NH+]2CCN(c3cc(Cl)ccc3C)CC2)cc1. The maximum absolute atomic E-state index is 10.3. The number of hydrogen-bond acceptors (Lipinski definition) is 4. The van der Waals surface area contributed by atoms with Crippen LogP contribution < -0.4 is 14.5 Å². The van der Waals surface area contributed by atoms with E-state index in [0.717, 1.165) is 43.4 Å². The van der Waals surface area contributed by atoms with Crippen molar-refractivity contribution in [2.45, 2.75) is 26.4 Å². The van der Waals surface area contributed by atoms with Crippen molar-refractivity contribution in [2.24, 2.45) is 0 Å². The second kappa shape index (κ2) is 11.6. The van der Waals surface area contributed by atoms with Gasteiger partial charge < -0.3 is 24.4 Å². The summed E-state index contributed by atoms with van der Waals surface area (Å²) in [5.74, 6) is 0.855. The van der Waals surface area contributed by atoms with Crippen LogP contribution in [0.15, 0.2) is 42.5 Å². The van der Waals surface area contributed by atoms with Crippen LogP contribution in [0.5, 0.6) is 5.75 Å². The summed E-state index contributed by atoms with van der Waals surface area (Å²) in [5, 5.41) is 11.1. The van der Waals surface area contributed by atoms with Gasteiger partial charge in [-0.15, -0.1) is 0 Å². The highest BCUT2D eigenvalue weighted by Gasteiger charge is 2.23. The summed E-state index contributed by atoms with van der Waals surface area (Å²) in [5.41, 5.74) is 3.77. The van der Waals surface area contributed by atoms with Gasteiger partial charge in [0.25, 0.3) is 0 Å². The van der Waals surface area contributed by atoms with Crippen LogP contribution in [0.3, 0.4) is 0 Å². The van der Waals surface area contributed by atoms with Gasteiger partial charge in [-0.2, -0.15) is 0 Å². The van der Waals surface area contributed by atoms with Gasteiger partial charge in [0.05, 0.1) is 39.4 Å². The standard InChI is InChI=1S/C24H33ClN2O3/c1-3-20-5-8-23(9-6-20)30-15-14-29-18-22(28)17-26-10-12-27(13-11-26)24-16-21(25)7-4-19(24)2/h4-9,16,22,28H,3,10-15,17-18H2,1-2H3/p+1/t22-/m1/s1. The first kappa shape index (κ1) is 22.9. The molecule has 1 heterocycles. The van der Waals surface area contributed by atoms with E-state index in [2.05, 4.69) is 36.9 Å². The van der Waals surface area contributed by atoms with Crippen molar-refractivity contribution in [3.63, 3.8) is 0 Å². The van der Waals surface area contributed by atoms with Gasteiger partial charge in [0.2, 0.25) is 0 Å². The Morgan fingerprint density at radius 2 is 1.83 bits per heavy atom. The van der Waals surface area contributed by atoms with Crippen molar-refractivity contribution < 1.29 is 19.5 Å². The highest BCUT2D eigenvalue weighted by atomic mass is 35.5.